The average molecular weight is 570 g/mol. The van der Waals surface area contributed by atoms with Crippen LogP contribution >= 0.6 is 0 Å². The lowest BCUT2D eigenvalue weighted by Crippen LogP contribution is -2.56. The smallest absolute Gasteiger partial charge is 0.312 e. The minimum atomic E-state index is -0.811. The lowest BCUT2D eigenvalue weighted by molar-refractivity contribution is -0.148. The molecule has 1 aliphatic heterocycles. The number of nitrogens with one attached hydrogen (secondary N) is 1. The van der Waals surface area contributed by atoms with Gasteiger partial charge in [0.1, 0.15) is 11.6 Å². The molecule has 1 saturated heterocycles. The Morgan fingerprint density at radius 2 is 1.93 bits per heavy atom. The van der Waals surface area contributed by atoms with Crippen molar-refractivity contribution in [3.63, 3.8) is 0 Å². The summed E-state index contributed by atoms with van der Waals surface area (Å²) in [6.45, 7) is 2.00. The first kappa shape index (κ1) is 30.3. The number of hydrogen-bond donors (Lipinski definition) is 2. The molecule has 2 aromatic heterocycles. The van der Waals surface area contributed by atoms with Crippen molar-refractivity contribution in [2.75, 3.05) is 26.7 Å². The van der Waals surface area contributed by atoms with Gasteiger partial charge in [0.2, 0.25) is 0 Å². The van der Waals surface area contributed by atoms with Crippen LogP contribution in [0.1, 0.15) is 54.7 Å². The van der Waals surface area contributed by atoms with Gasteiger partial charge in [-0.3, -0.25) is 19.5 Å². The predicted molar refractivity (Wildman–Crippen MR) is 149 cm³/mol. The van der Waals surface area contributed by atoms with Crippen molar-refractivity contribution in [2.45, 2.75) is 57.0 Å². The molecule has 0 bridgehead atoms. The van der Waals surface area contributed by atoms with Crippen LogP contribution < -0.4 is 11.1 Å². The first-order valence-corrected chi connectivity index (χ1v) is 14.0. The van der Waals surface area contributed by atoms with E-state index in [-0.39, 0.29) is 23.0 Å². The third-order valence-electron chi connectivity index (χ3n) is 7.62. The Kier molecular flexibility index (Phi) is 10.9. The molecule has 41 heavy (non-hydrogen) atoms. The summed E-state index contributed by atoms with van der Waals surface area (Å²) in [4.78, 5) is 31.7. The van der Waals surface area contributed by atoms with E-state index < -0.39 is 29.5 Å². The Balaban J connectivity index is 0.000000367. The minimum Gasteiger partial charge on any atom is -0.469 e. The van der Waals surface area contributed by atoms with Crippen molar-refractivity contribution in [3.05, 3.63) is 71.7 Å². The molecule has 0 spiro atoms. The second-order valence-corrected chi connectivity index (χ2v) is 10.3. The summed E-state index contributed by atoms with van der Waals surface area (Å²) in [6, 6.07) is 10.3. The van der Waals surface area contributed by atoms with E-state index in [4.69, 9.17) is 15.0 Å². The number of hydrogen-bond acceptors (Lipinski definition) is 8. The van der Waals surface area contributed by atoms with Gasteiger partial charge in [-0.25, -0.2) is 8.78 Å². The first-order chi connectivity index (χ1) is 19.9. The molecule has 1 aromatic carbocycles. The van der Waals surface area contributed by atoms with E-state index in [2.05, 4.69) is 20.4 Å². The van der Waals surface area contributed by atoms with Crippen LogP contribution in [0.15, 0.2) is 53.2 Å². The molecule has 0 radical (unpaired) electrons. The summed E-state index contributed by atoms with van der Waals surface area (Å²) >= 11 is 0. The lowest BCUT2D eigenvalue weighted by atomic mass is 9.87. The van der Waals surface area contributed by atoms with Crippen molar-refractivity contribution in [3.8, 4) is 11.3 Å². The molecule has 2 atom stereocenters. The molecule has 5 rings (SSSR count). The summed E-state index contributed by atoms with van der Waals surface area (Å²) in [5.74, 6) is -2.87. The number of carbonyl (C=O) groups excluding carboxylic acids is 2. The largest absolute Gasteiger partial charge is 0.469 e. The molecule has 11 heteroatoms. The van der Waals surface area contributed by atoms with Gasteiger partial charge in [-0.1, -0.05) is 30.5 Å². The van der Waals surface area contributed by atoms with Gasteiger partial charge in [0.05, 0.1) is 18.6 Å². The molecule has 1 amide bonds. The van der Waals surface area contributed by atoms with Gasteiger partial charge in [0, 0.05) is 55.6 Å². The topological polar surface area (TPSA) is 124 Å². The Morgan fingerprint density at radius 1 is 1.12 bits per heavy atom. The van der Waals surface area contributed by atoms with Crippen molar-refractivity contribution < 1.29 is 27.6 Å². The van der Waals surface area contributed by atoms with Crippen molar-refractivity contribution >= 4 is 11.9 Å². The normalized spacial score (nSPS) is 19.6. The maximum Gasteiger partial charge on any atom is 0.312 e. The third kappa shape index (κ3) is 8.17. The number of pyridine rings is 1. The summed E-state index contributed by atoms with van der Waals surface area (Å²) in [5.41, 5.74) is 6.36. The number of halogens is 2. The zero-order valence-corrected chi connectivity index (χ0v) is 23.2. The summed E-state index contributed by atoms with van der Waals surface area (Å²) in [5, 5.41) is 6.60. The number of ether oxygens (including phenoxy) is 1. The fourth-order valence-electron chi connectivity index (χ4n) is 5.45. The highest BCUT2D eigenvalue weighted by Crippen LogP contribution is 2.29. The third-order valence-corrected chi connectivity index (χ3v) is 7.62. The van der Waals surface area contributed by atoms with Gasteiger partial charge in [0.25, 0.3) is 5.91 Å². The molecular formula is C30H37F2N5O4. The van der Waals surface area contributed by atoms with Crippen LogP contribution in [0.4, 0.5) is 8.78 Å². The van der Waals surface area contributed by atoms with Crippen LogP contribution in [0.2, 0.25) is 0 Å². The molecule has 3 heterocycles. The van der Waals surface area contributed by atoms with Crippen LogP contribution in [0.3, 0.4) is 0 Å². The van der Waals surface area contributed by atoms with Crippen molar-refractivity contribution in [1.29, 1.82) is 0 Å². The maximum atomic E-state index is 14.0. The Morgan fingerprint density at radius 3 is 2.61 bits per heavy atom. The van der Waals surface area contributed by atoms with Crippen LogP contribution in [-0.2, 0) is 16.0 Å². The van der Waals surface area contributed by atoms with Gasteiger partial charge in [-0.05, 0) is 50.1 Å². The second kappa shape index (κ2) is 14.8. The van der Waals surface area contributed by atoms with E-state index >= 15 is 0 Å². The standard InChI is InChI=1S/C23H27F2N3O4.C7H10N2/c1-31-23(30)17-13-28(15-5-3-2-4-6-15)10-9-19(17)26-22(29)20-12-21(32-27-20)16-8-7-14(24)11-18(16)25;8-5-4-7-3-1-2-6-9-7/h7-8,11-12,15,17,19H,2-6,9-10,13H2,1H3,(H,26,29);1-3,6H,4-5,8H2/t17-,19-;/m1./s1. The van der Waals surface area contributed by atoms with E-state index in [0.29, 0.717) is 25.6 Å². The van der Waals surface area contributed by atoms with E-state index in [1.165, 1.54) is 38.5 Å². The van der Waals surface area contributed by atoms with Crippen LogP contribution in [0, 0.1) is 17.6 Å². The Labute approximate surface area is 238 Å². The molecule has 0 unspecified atom stereocenters. The quantitative estimate of drug-likeness (QED) is 0.407. The molecule has 2 aliphatic rings. The number of amides is 1. The second-order valence-electron chi connectivity index (χ2n) is 10.3. The van der Waals surface area contributed by atoms with Gasteiger partial charge in [-0.15, -0.1) is 0 Å². The summed E-state index contributed by atoms with van der Waals surface area (Å²) in [6.07, 6.45) is 9.19. The van der Waals surface area contributed by atoms with Crippen LogP contribution in [0.5, 0.6) is 0 Å². The molecule has 220 valence electrons. The number of methoxy groups -OCH3 is 1. The van der Waals surface area contributed by atoms with Crippen LogP contribution in [-0.4, -0.2) is 65.7 Å². The summed E-state index contributed by atoms with van der Waals surface area (Å²) in [7, 11) is 1.35. The average Bonchev–Trinajstić information content (AvgIpc) is 3.49. The number of aromatic nitrogens is 2. The van der Waals surface area contributed by atoms with Crippen molar-refractivity contribution in [1.82, 2.24) is 20.4 Å². The minimum absolute atomic E-state index is 0.00572. The number of piperidine rings is 1. The molecule has 3 aromatic rings. The highest BCUT2D eigenvalue weighted by Gasteiger charge is 2.38. The Hall–Kier alpha value is -3.70. The maximum absolute atomic E-state index is 14.0. The predicted octanol–water partition coefficient (Wildman–Crippen LogP) is 4.13. The monoisotopic (exact) mass is 569 g/mol. The number of benzene rings is 1. The zero-order valence-electron chi connectivity index (χ0n) is 23.2. The number of esters is 1. The zero-order chi connectivity index (χ0) is 29.2. The molecule has 3 N–H and O–H groups in total. The molecule has 1 aliphatic carbocycles. The number of rotatable bonds is 7. The number of likely N-dealkylation sites (tertiary alicyclic amines) is 1. The fourth-order valence-corrected chi connectivity index (χ4v) is 5.45. The van der Waals surface area contributed by atoms with Gasteiger partial charge < -0.3 is 20.3 Å². The van der Waals surface area contributed by atoms with Crippen LogP contribution in [0.25, 0.3) is 11.3 Å². The number of carbonyl (C=O) groups is 2. The van der Waals surface area contributed by atoms with Gasteiger partial charge in [-0.2, -0.15) is 0 Å². The fraction of sp³-hybridized carbons (Fsp3) is 0.467. The highest BCUT2D eigenvalue weighted by atomic mass is 19.1. The van der Waals surface area contributed by atoms with E-state index in [9.17, 15) is 18.4 Å². The van der Waals surface area contributed by atoms with Gasteiger partial charge in [0.15, 0.2) is 11.5 Å². The first-order valence-electron chi connectivity index (χ1n) is 14.0. The SMILES string of the molecule is COC(=O)[C@@H]1CN(C2CCCCC2)CC[C@H]1NC(=O)c1cc(-c2ccc(F)cc2F)on1.NCCc1ccccn1. The number of nitrogens with zero attached hydrogens (tertiary/aromatic N) is 3. The highest BCUT2D eigenvalue weighted by molar-refractivity contribution is 5.93. The van der Waals surface area contributed by atoms with E-state index in [1.54, 1.807) is 6.20 Å². The lowest BCUT2D eigenvalue weighted by Gasteiger charge is -2.42. The molecule has 1 saturated carbocycles. The van der Waals surface area contributed by atoms with Crippen molar-refractivity contribution in [2.24, 2.45) is 11.7 Å². The Bertz CT molecular complexity index is 1280. The molecule has 2 fully saturated rings. The number of nitrogens with two attached hydrogens (primary N) is 1. The van der Waals surface area contributed by atoms with E-state index in [1.807, 2.05) is 18.2 Å². The van der Waals surface area contributed by atoms with E-state index in [0.717, 1.165) is 43.6 Å². The summed E-state index contributed by atoms with van der Waals surface area (Å²) < 4.78 is 37.3. The van der Waals surface area contributed by atoms with Gasteiger partial charge >= 0.3 is 5.97 Å². The molecule has 9 nitrogen and oxygen atoms in total. The molecular weight excluding hydrogens is 532 g/mol.